The number of morpholine rings is 1. The lowest BCUT2D eigenvalue weighted by atomic mass is 10.3. The van der Waals surface area contributed by atoms with Crippen LogP contribution in [0.15, 0.2) is 0 Å². The van der Waals surface area contributed by atoms with Crippen LogP contribution in [0.4, 0.5) is 0 Å². The van der Waals surface area contributed by atoms with Gasteiger partial charge in [-0.25, -0.2) is 4.72 Å². The molecule has 1 aliphatic rings. The van der Waals surface area contributed by atoms with E-state index in [0.29, 0.717) is 19.7 Å². The molecule has 1 atom stereocenters. The van der Waals surface area contributed by atoms with E-state index in [1.54, 1.807) is 0 Å². The van der Waals surface area contributed by atoms with Gasteiger partial charge in [-0.05, 0) is 0 Å². The first-order valence-corrected chi connectivity index (χ1v) is 5.63. The van der Waals surface area contributed by atoms with Crippen molar-refractivity contribution in [3.63, 3.8) is 0 Å². The van der Waals surface area contributed by atoms with Crippen molar-refractivity contribution in [1.29, 1.82) is 0 Å². The summed E-state index contributed by atoms with van der Waals surface area (Å²) in [6.45, 7) is 2.45. The van der Waals surface area contributed by atoms with Crippen molar-refractivity contribution in [3.05, 3.63) is 0 Å². The summed E-state index contributed by atoms with van der Waals surface area (Å²) in [7, 11) is -1.96. The molecule has 0 amide bonds. The first kappa shape index (κ1) is 10.9. The lowest BCUT2D eigenvalue weighted by Crippen LogP contribution is -2.46. The third kappa shape index (κ3) is 4.01. The second kappa shape index (κ2) is 4.87. The fraction of sp³-hybridized carbons (Fsp3) is 1.00. The highest BCUT2D eigenvalue weighted by molar-refractivity contribution is 7.87. The van der Waals surface area contributed by atoms with E-state index in [0.717, 1.165) is 6.54 Å². The summed E-state index contributed by atoms with van der Waals surface area (Å²) in [6.07, 6.45) is -0.0723. The van der Waals surface area contributed by atoms with E-state index in [4.69, 9.17) is 4.74 Å². The molecule has 7 heteroatoms. The van der Waals surface area contributed by atoms with Crippen LogP contribution in [0.1, 0.15) is 0 Å². The van der Waals surface area contributed by atoms with Crippen LogP contribution in [0.2, 0.25) is 0 Å². The predicted molar refractivity (Wildman–Crippen MR) is 48.6 cm³/mol. The molecule has 6 nitrogen and oxygen atoms in total. The topological polar surface area (TPSA) is 79.5 Å². The van der Waals surface area contributed by atoms with Gasteiger partial charge in [0.05, 0.1) is 12.7 Å². The van der Waals surface area contributed by atoms with Gasteiger partial charge in [0.1, 0.15) is 0 Å². The Morgan fingerprint density at radius 2 is 2.38 bits per heavy atom. The predicted octanol–water partition coefficient (Wildman–Crippen LogP) is -1.97. The highest BCUT2D eigenvalue weighted by Gasteiger charge is 2.15. The Morgan fingerprint density at radius 1 is 1.62 bits per heavy atom. The van der Waals surface area contributed by atoms with Crippen LogP contribution in [0, 0.1) is 0 Å². The molecule has 1 heterocycles. The van der Waals surface area contributed by atoms with E-state index in [1.165, 1.54) is 7.05 Å². The summed E-state index contributed by atoms with van der Waals surface area (Å²) in [6, 6.07) is 0. The SMILES string of the molecule is CNS(=O)(=O)NCC1CNCCO1. The summed E-state index contributed by atoms with van der Waals surface area (Å²) in [5, 5.41) is 3.11. The van der Waals surface area contributed by atoms with Crippen LogP contribution in [0.3, 0.4) is 0 Å². The number of hydrogen-bond donors (Lipinski definition) is 3. The first-order valence-electron chi connectivity index (χ1n) is 4.14. The van der Waals surface area contributed by atoms with E-state index in [1.807, 2.05) is 0 Å². The molecule has 1 aliphatic heterocycles. The number of hydrogen-bond acceptors (Lipinski definition) is 4. The molecule has 0 spiro atoms. The summed E-state index contributed by atoms with van der Waals surface area (Å²) in [4.78, 5) is 0. The second-order valence-corrected chi connectivity index (χ2v) is 4.46. The minimum Gasteiger partial charge on any atom is -0.374 e. The van der Waals surface area contributed by atoms with Crippen LogP contribution in [0.25, 0.3) is 0 Å². The quantitative estimate of drug-likeness (QED) is 0.502. The van der Waals surface area contributed by atoms with Gasteiger partial charge in [0.25, 0.3) is 10.2 Å². The Labute approximate surface area is 78.2 Å². The normalized spacial score (nSPS) is 24.5. The van der Waals surface area contributed by atoms with Gasteiger partial charge >= 0.3 is 0 Å². The molecule has 78 valence electrons. The molecule has 1 fully saturated rings. The van der Waals surface area contributed by atoms with E-state index < -0.39 is 10.2 Å². The fourth-order valence-electron chi connectivity index (χ4n) is 1.03. The number of rotatable bonds is 4. The largest absolute Gasteiger partial charge is 0.374 e. The van der Waals surface area contributed by atoms with Crippen LogP contribution in [-0.4, -0.2) is 47.8 Å². The van der Waals surface area contributed by atoms with Gasteiger partial charge in [0.2, 0.25) is 0 Å². The molecule has 0 aromatic carbocycles. The Balaban J connectivity index is 2.25. The molecule has 13 heavy (non-hydrogen) atoms. The van der Waals surface area contributed by atoms with Gasteiger partial charge in [0, 0.05) is 26.7 Å². The average Bonchev–Trinajstić information content (AvgIpc) is 2.17. The molecule has 0 saturated carbocycles. The molecule has 0 radical (unpaired) electrons. The average molecular weight is 209 g/mol. The maximum absolute atomic E-state index is 10.9. The second-order valence-electron chi connectivity index (χ2n) is 2.75. The van der Waals surface area contributed by atoms with Crippen molar-refractivity contribution in [2.45, 2.75) is 6.10 Å². The van der Waals surface area contributed by atoms with Crippen molar-refractivity contribution < 1.29 is 13.2 Å². The van der Waals surface area contributed by atoms with E-state index in [-0.39, 0.29) is 6.10 Å². The van der Waals surface area contributed by atoms with Gasteiger partial charge in [0.15, 0.2) is 0 Å². The molecular formula is C6H15N3O3S. The Morgan fingerprint density at radius 3 is 2.92 bits per heavy atom. The van der Waals surface area contributed by atoms with Crippen LogP contribution in [-0.2, 0) is 14.9 Å². The smallest absolute Gasteiger partial charge is 0.276 e. The van der Waals surface area contributed by atoms with Crippen molar-refractivity contribution in [3.8, 4) is 0 Å². The maximum Gasteiger partial charge on any atom is 0.276 e. The third-order valence-corrected chi connectivity index (χ3v) is 2.86. The van der Waals surface area contributed by atoms with Crippen molar-refractivity contribution >= 4 is 10.2 Å². The maximum atomic E-state index is 10.9. The molecule has 0 aliphatic carbocycles. The van der Waals surface area contributed by atoms with Crippen molar-refractivity contribution in [1.82, 2.24) is 14.8 Å². The molecule has 1 rings (SSSR count). The van der Waals surface area contributed by atoms with E-state index in [9.17, 15) is 8.42 Å². The van der Waals surface area contributed by atoms with E-state index in [2.05, 4.69) is 14.8 Å². The monoisotopic (exact) mass is 209 g/mol. The number of ether oxygens (including phenoxy) is 1. The Kier molecular flexibility index (Phi) is 4.07. The molecule has 0 bridgehead atoms. The summed E-state index contributed by atoms with van der Waals surface area (Å²) >= 11 is 0. The van der Waals surface area contributed by atoms with Gasteiger partial charge < -0.3 is 10.1 Å². The van der Waals surface area contributed by atoms with Gasteiger partial charge in [-0.1, -0.05) is 0 Å². The molecule has 0 aromatic rings. The first-order chi connectivity index (χ1) is 6.14. The zero-order valence-corrected chi connectivity index (χ0v) is 8.36. The minimum absolute atomic E-state index is 0.0723. The number of nitrogens with one attached hydrogen (secondary N) is 3. The summed E-state index contributed by atoms with van der Waals surface area (Å²) in [5.41, 5.74) is 0. The molecular weight excluding hydrogens is 194 g/mol. The molecule has 0 aromatic heterocycles. The van der Waals surface area contributed by atoms with Gasteiger partial charge in [-0.2, -0.15) is 13.1 Å². The fourth-order valence-corrected chi connectivity index (χ4v) is 1.58. The van der Waals surface area contributed by atoms with Crippen molar-refractivity contribution in [2.24, 2.45) is 0 Å². The lowest BCUT2D eigenvalue weighted by Gasteiger charge is -2.23. The Hall–Kier alpha value is -0.210. The third-order valence-electron chi connectivity index (χ3n) is 1.77. The van der Waals surface area contributed by atoms with Gasteiger partial charge in [-0.15, -0.1) is 0 Å². The zero-order chi connectivity index (χ0) is 9.73. The van der Waals surface area contributed by atoms with Gasteiger partial charge in [-0.3, -0.25) is 0 Å². The van der Waals surface area contributed by atoms with Crippen LogP contribution in [0.5, 0.6) is 0 Å². The standard InChI is InChI=1S/C6H15N3O3S/c1-7-13(10,11)9-5-6-4-8-2-3-12-6/h6-9H,2-5H2,1H3. The molecule has 1 saturated heterocycles. The molecule has 3 N–H and O–H groups in total. The van der Waals surface area contributed by atoms with Crippen LogP contribution < -0.4 is 14.8 Å². The van der Waals surface area contributed by atoms with Crippen LogP contribution >= 0.6 is 0 Å². The lowest BCUT2D eigenvalue weighted by molar-refractivity contribution is 0.0323. The highest BCUT2D eigenvalue weighted by atomic mass is 32.2. The summed E-state index contributed by atoms with van der Waals surface area (Å²) in [5.74, 6) is 0. The van der Waals surface area contributed by atoms with Crippen molar-refractivity contribution in [2.75, 3.05) is 33.3 Å². The van der Waals surface area contributed by atoms with E-state index >= 15 is 0 Å². The zero-order valence-electron chi connectivity index (χ0n) is 7.54. The molecule has 1 unspecified atom stereocenters. The minimum atomic E-state index is -3.33. The highest BCUT2D eigenvalue weighted by Crippen LogP contribution is 1.94. The Bertz CT molecular complexity index is 236. The summed E-state index contributed by atoms with van der Waals surface area (Å²) < 4.78 is 31.7.